The molecule has 0 fully saturated rings. The number of thiazole rings is 1. The van der Waals surface area contributed by atoms with E-state index < -0.39 is 12.0 Å². The summed E-state index contributed by atoms with van der Waals surface area (Å²) in [5, 5.41) is 0.953. The van der Waals surface area contributed by atoms with Crippen molar-refractivity contribution in [3.05, 3.63) is 99.1 Å². The molecule has 1 unspecified atom stereocenters. The van der Waals surface area contributed by atoms with Crippen molar-refractivity contribution in [2.75, 3.05) is 6.61 Å². The number of hydrogen-bond donors (Lipinski definition) is 0. The van der Waals surface area contributed by atoms with Gasteiger partial charge < -0.3 is 4.74 Å². The Labute approximate surface area is 206 Å². The average Bonchev–Trinajstić information content (AvgIpc) is 3.04. The van der Waals surface area contributed by atoms with E-state index in [4.69, 9.17) is 27.9 Å². The SMILES string of the molecule is CCOC(=O)C1=C(C)N=c2s/c(=C/c3ccc(Cl)cc3Cl)c(=O)n2C1c1ccc(Br)cc1. The highest BCUT2D eigenvalue weighted by molar-refractivity contribution is 9.10. The fraction of sp³-hybridized carbons (Fsp3) is 0.174. The van der Waals surface area contributed by atoms with Gasteiger partial charge in [-0.3, -0.25) is 9.36 Å². The van der Waals surface area contributed by atoms with Crippen molar-refractivity contribution < 1.29 is 9.53 Å². The summed E-state index contributed by atoms with van der Waals surface area (Å²) in [5.74, 6) is -0.489. The number of esters is 1. The van der Waals surface area contributed by atoms with E-state index in [-0.39, 0.29) is 12.2 Å². The van der Waals surface area contributed by atoms with Crippen LogP contribution in [-0.2, 0) is 9.53 Å². The molecule has 0 amide bonds. The number of fused-ring (bicyclic) bond motifs is 1. The van der Waals surface area contributed by atoms with Gasteiger partial charge in [0.2, 0.25) is 0 Å². The highest BCUT2D eigenvalue weighted by atomic mass is 79.9. The number of halogens is 3. The summed E-state index contributed by atoms with van der Waals surface area (Å²) in [5.41, 5.74) is 2.05. The van der Waals surface area contributed by atoms with Gasteiger partial charge in [0.05, 0.1) is 28.5 Å². The Balaban J connectivity index is 1.96. The van der Waals surface area contributed by atoms with Crippen molar-refractivity contribution in [1.82, 2.24) is 4.57 Å². The first kappa shape index (κ1) is 23.0. The molecular formula is C23H17BrCl2N2O3S. The monoisotopic (exact) mass is 550 g/mol. The topological polar surface area (TPSA) is 60.7 Å². The summed E-state index contributed by atoms with van der Waals surface area (Å²) in [6.45, 7) is 3.72. The number of carbonyl (C=O) groups excluding carboxylic acids is 1. The quantitative estimate of drug-likeness (QED) is 0.435. The minimum absolute atomic E-state index is 0.224. The third-order valence-corrected chi connectivity index (χ3v) is 7.03. The third kappa shape index (κ3) is 4.35. The molecule has 0 bridgehead atoms. The molecule has 4 rings (SSSR count). The first-order valence-electron chi connectivity index (χ1n) is 9.70. The van der Waals surface area contributed by atoms with Crippen molar-refractivity contribution in [2.24, 2.45) is 4.99 Å². The maximum atomic E-state index is 13.5. The van der Waals surface area contributed by atoms with Crippen LogP contribution in [-0.4, -0.2) is 17.1 Å². The second-order valence-corrected chi connectivity index (χ2v) is 9.79. The lowest BCUT2D eigenvalue weighted by atomic mass is 9.96. The lowest BCUT2D eigenvalue weighted by Gasteiger charge is -2.24. The number of nitrogens with zero attached hydrogens (tertiary/aromatic N) is 2. The lowest BCUT2D eigenvalue weighted by Crippen LogP contribution is -2.39. The Morgan fingerprint density at radius 2 is 1.97 bits per heavy atom. The number of aromatic nitrogens is 1. The Morgan fingerprint density at radius 1 is 1.25 bits per heavy atom. The van der Waals surface area contributed by atoms with Crippen LogP contribution >= 0.6 is 50.5 Å². The van der Waals surface area contributed by atoms with Gasteiger partial charge in [0.1, 0.15) is 0 Å². The fourth-order valence-corrected chi connectivity index (χ4v) is 5.28. The Kier molecular flexibility index (Phi) is 6.72. The van der Waals surface area contributed by atoms with E-state index >= 15 is 0 Å². The molecule has 0 N–H and O–H groups in total. The third-order valence-electron chi connectivity index (χ3n) is 4.95. The van der Waals surface area contributed by atoms with E-state index in [0.717, 1.165) is 10.0 Å². The Hall–Kier alpha value is -2.19. The predicted octanol–water partition coefficient (Wildman–Crippen LogP) is 4.87. The minimum Gasteiger partial charge on any atom is -0.463 e. The van der Waals surface area contributed by atoms with Gasteiger partial charge in [-0.05, 0) is 55.3 Å². The molecule has 5 nitrogen and oxygen atoms in total. The first-order chi connectivity index (χ1) is 15.3. The average molecular weight is 552 g/mol. The smallest absolute Gasteiger partial charge is 0.338 e. The van der Waals surface area contributed by atoms with Crippen LogP contribution in [0.1, 0.15) is 31.0 Å². The van der Waals surface area contributed by atoms with Crippen molar-refractivity contribution >= 4 is 62.5 Å². The lowest BCUT2D eigenvalue weighted by molar-refractivity contribution is -0.139. The summed E-state index contributed by atoms with van der Waals surface area (Å²) in [6, 6.07) is 11.9. The Morgan fingerprint density at radius 3 is 2.62 bits per heavy atom. The summed E-state index contributed by atoms with van der Waals surface area (Å²) in [6.07, 6.45) is 1.71. The van der Waals surface area contributed by atoms with Gasteiger partial charge in [0.25, 0.3) is 5.56 Å². The zero-order valence-electron chi connectivity index (χ0n) is 17.1. The van der Waals surface area contributed by atoms with Crippen LogP contribution in [0, 0.1) is 0 Å². The van der Waals surface area contributed by atoms with Gasteiger partial charge in [-0.2, -0.15) is 0 Å². The van der Waals surface area contributed by atoms with Crippen LogP contribution < -0.4 is 14.9 Å². The number of hydrogen-bond acceptors (Lipinski definition) is 5. The normalized spacial score (nSPS) is 16.0. The molecule has 1 atom stereocenters. The van der Waals surface area contributed by atoms with Gasteiger partial charge in [0, 0.05) is 14.5 Å². The fourth-order valence-electron chi connectivity index (χ4n) is 3.51. The summed E-state index contributed by atoms with van der Waals surface area (Å²) in [7, 11) is 0. The molecular weight excluding hydrogens is 535 g/mol. The van der Waals surface area contributed by atoms with Gasteiger partial charge in [-0.15, -0.1) is 0 Å². The molecule has 0 aliphatic carbocycles. The van der Waals surface area contributed by atoms with Crippen LogP contribution in [0.5, 0.6) is 0 Å². The van der Waals surface area contributed by atoms with Crippen LogP contribution in [0.15, 0.2) is 68.0 Å². The summed E-state index contributed by atoms with van der Waals surface area (Å²) in [4.78, 5) is 31.4. The van der Waals surface area contributed by atoms with E-state index in [0.29, 0.717) is 36.2 Å². The molecule has 164 valence electrons. The molecule has 0 radical (unpaired) electrons. The van der Waals surface area contributed by atoms with Crippen molar-refractivity contribution in [3.8, 4) is 0 Å². The Bertz CT molecular complexity index is 1420. The first-order valence-corrected chi connectivity index (χ1v) is 12.1. The van der Waals surface area contributed by atoms with E-state index in [1.54, 1.807) is 42.7 Å². The molecule has 0 saturated carbocycles. The van der Waals surface area contributed by atoms with Crippen LogP contribution in [0.2, 0.25) is 10.0 Å². The molecule has 1 aliphatic rings. The van der Waals surface area contributed by atoms with E-state index in [2.05, 4.69) is 20.9 Å². The largest absolute Gasteiger partial charge is 0.463 e. The number of rotatable bonds is 4. The molecule has 3 aromatic rings. The molecule has 2 aromatic carbocycles. The van der Waals surface area contributed by atoms with Crippen molar-refractivity contribution in [2.45, 2.75) is 19.9 Å². The highest BCUT2D eigenvalue weighted by Gasteiger charge is 2.33. The number of carbonyl (C=O) groups is 1. The maximum absolute atomic E-state index is 13.5. The number of ether oxygens (including phenoxy) is 1. The molecule has 32 heavy (non-hydrogen) atoms. The zero-order chi connectivity index (χ0) is 23.0. The highest BCUT2D eigenvalue weighted by Crippen LogP contribution is 2.31. The van der Waals surface area contributed by atoms with Gasteiger partial charge >= 0.3 is 5.97 Å². The van der Waals surface area contributed by atoms with Gasteiger partial charge in [-0.1, -0.05) is 68.7 Å². The van der Waals surface area contributed by atoms with E-state index in [1.807, 2.05) is 24.3 Å². The predicted molar refractivity (Wildman–Crippen MR) is 131 cm³/mol. The molecule has 9 heteroatoms. The molecule has 0 saturated heterocycles. The van der Waals surface area contributed by atoms with Gasteiger partial charge in [0.15, 0.2) is 4.80 Å². The zero-order valence-corrected chi connectivity index (χ0v) is 21.0. The van der Waals surface area contributed by atoms with Crippen molar-refractivity contribution in [3.63, 3.8) is 0 Å². The van der Waals surface area contributed by atoms with Crippen LogP contribution in [0.4, 0.5) is 0 Å². The number of benzene rings is 2. The van der Waals surface area contributed by atoms with E-state index in [1.165, 1.54) is 11.3 Å². The second kappa shape index (κ2) is 9.35. The van der Waals surface area contributed by atoms with Gasteiger partial charge in [-0.25, -0.2) is 9.79 Å². The molecule has 2 heterocycles. The molecule has 0 spiro atoms. The number of allylic oxidation sites excluding steroid dienone is 1. The minimum atomic E-state index is -0.652. The standard InChI is InChI=1S/C23H17BrCl2N2O3S/c1-3-31-22(30)19-12(2)27-23-28(20(19)13-4-7-15(24)8-5-13)21(29)18(32-23)10-14-6-9-16(25)11-17(14)26/h4-11,20H,3H2,1-2H3/b18-10+. The summed E-state index contributed by atoms with van der Waals surface area (Å²) < 4.78 is 8.19. The van der Waals surface area contributed by atoms with E-state index in [9.17, 15) is 9.59 Å². The van der Waals surface area contributed by atoms with Crippen LogP contribution in [0.3, 0.4) is 0 Å². The molecule has 1 aliphatic heterocycles. The second-order valence-electron chi connectivity index (χ2n) is 7.02. The van der Waals surface area contributed by atoms with Crippen LogP contribution in [0.25, 0.3) is 6.08 Å². The summed E-state index contributed by atoms with van der Waals surface area (Å²) >= 11 is 17.0. The molecule has 1 aromatic heterocycles. The maximum Gasteiger partial charge on any atom is 0.338 e. The van der Waals surface area contributed by atoms with Crippen molar-refractivity contribution in [1.29, 1.82) is 0 Å².